The molecule has 0 bridgehead atoms. The van der Waals surface area contributed by atoms with E-state index in [-0.39, 0.29) is 28.9 Å². The Morgan fingerprint density at radius 3 is 2.90 bits per heavy atom. The summed E-state index contributed by atoms with van der Waals surface area (Å²) in [6.45, 7) is 0. The Balaban J connectivity index is 2.05. The van der Waals surface area contributed by atoms with Crippen LogP contribution in [0.5, 0.6) is 0 Å². The van der Waals surface area contributed by atoms with E-state index in [2.05, 4.69) is 15.5 Å². The van der Waals surface area contributed by atoms with E-state index in [0.717, 1.165) is 0 Å². The molecule has 20 heavy (non-hydrogen) atoms. The Bertz CT molecular complexity index is 758. The minimum absolute atomic E-state index is 0.0328. The smallest absolute Gasteiger partial charge is 0.185 e. The molecule has 1 aromatic heterocycles. The average Bonchev–Trinajstić information content (AvgIpc) is 2.98. The van der Waals surface area contributed by atoms with E-state index in [4.69, 9.17) is 5.73 Å². The topological polar surface area (TPSA) is 104 Å². The van der Waals surface area contributed by atoms with Crippen molar-refractivity contribution in [2.75, 3.05) is 17.2 Å². The number of nitrogens with two attached hydrogens (primary N) is 1. The molecule has 1 unspecified atom stereocenters. The van der Waals surface area contributed by atoms with Gasteiger partial charge in [0.1, 0.15) is 5.82 Å². The molecule has 2 heterocycles. The van der Waals surface area contributed by atoms with E-state index in [1.54, 1.807) is 0 Å². The van der Waals surface area contributed by atoms with Crippen molar-refractivity contribution in [1.29, 1.82) is 0 Å². The fourth-order valence-electron chi connectivity index (χ4n) is 2.30. The van der Waals surface area contributed by atoms with Crippen molar-refractivity contribution >= 4 is 15.5 Å². The summed E-state index contributed by atoms with van der Waals surface area (Å²) >= 11 is 0. The first-order valence-corrected chi connectivity index (χ1v) is 7.82. The second-order valence-electron chi connectivity index (χ2n) is 4.74. The van der Waals surface area contributed by atoms with Gasteiger partial charge < -0.3 is 5.73 Å². The number of anilines is 1. The van der Waals surface area contributed by atoms with Gasteiger partial charge in [-0.25, -0.2) is 17.5 Å². The summed E-state index contributed by atoms with van der Waals surface area (Å²) in [5.41, 5.74) is 6.19. The van der Waals surface area contributed by atoms with Crippen LogP contribution in [0.4, 0.5) is 10.1 Å². The van der Waals surface area contributed by atoms with Gasteiger partial charge in [-0.1, -0.05) is 0 Å². The van der Waals surface area contributed by atoms with Crippen LogP contribution in [0.3, 0.4) is 0 Å². The molecular formula is C11H12FN5O2S. The molecule has 9 heteroatoms. The number of nitrogen functional groups attached to an aromatic ring is 1. The molecule has 3 rings (SSSR count). The van der Waals surface area contributed by atoms with Gasteiger partial charge in [-0.05, 0) is 35.0 Å². The summed E-state index contributed by atoms with van der Waals surface area (Å²) in [5.74, 6) is -0.251. The summed E-state index contributed by atoms with van der Waals surface area (Å²) in [6, 6.07) is 3.73. The summed E-state index contributed by atoms with van der Waals surface area (Å²) < 4.78 is 38.3. The average molecular weight is 297 g/mol. The molecule has 0 aliphatic carbocycles. The van der Waals surface area contributed by atoms with Crippen molar-refractivity contribution < 1.29 is 12.8 Å². The molecule has 0 spiro atoms. The first-order valence-electron chi connectivity index (χ1n) is 6.00. The second kappa shape index (κ2) is 4.51. The van der Waals surface area contributed by atoms with E-state index >= 15 is 0 Å². The number of benzene rings is 1. The molecule has 0 amide bonds. The molecule has 2 N–H and O–H groups in total. The number of halogens is 1. The highest BCUT2D eigenvalue weighted by molar-refractivity contribution is 7.91. The third-order valence-corrected chi connectivity index (χ3v) is 5.03. The van der Waals surface area contributed by atoms with Crippen LogP contribution in [0.25, 0.3) is 11.4 Å². The van der Waals surface area contributed by atoms with E-state index in [1.165, 1.54) is 22.9 Å². The molecule has 1 fully saturated rings. The molecule has 1 aliphatic rings. The number of hydrogen-bond donors (Lipinski definition) is 1. The molecule has 1 aliphatic heterocycles. The predicted octanol–water partition coefficient (Wildman–Crippen LogP) is 0.421. The molecular weight excluding hydrogens is 285 g/mol. The Hall–Kier alpha value is -2.03. The van der Waals surface area contributed by atoms with Crippen LogP contribution in [-0.4, -0.2) is 40.1 Å². The van der Waals surface area contributed by atoms with Gasteiger partial charge in [0, 0.05) is 5.69 Å². The third kappa shape index (κ3) is 2.24. The van der Waals surface area contributed by atoms with Gasteiger partial charge >= 0.3 is 0 Å². The number of tetrazole rings is 1. The maximum Gasteiger partial charge on any atom is 0.185 e. The van der Waals surface area contributed by atoms with Crippen LogP contribution in [0.1, 0.15) is 12.5 Å². The van der Waals surface area contributed by atoms with Crippen molar-refractivity contribution in [2.24, 2.45) is 0 Å². The zero-order valence-electron chi connectivity index (χ0n) is 10.4. The fraction of sp³-hybridized carbons (Fsp3) is 0.364. The quantitative estimate of drug-likeness (QED) is 0.806. The molecule has 1 atom stereocenters. The van der Waals surface area contributed by atoms with Crippen LogP contribution < -0.4 is 5.73 Å². The summed E-state index contributed by atoms with van der Waals surface area (Å²) in [4.78, 5) is 0. The first-order chi connectivity index (χ1) is 9.46. The Morgan fingerprint density at radius 1 is 1.40 bits per heavy atom. The lowest BCUT2D eigenvalue weighted by Crippen LogP contribution is -2.14. The summed E-state index contributed by atoms with van der Waals surface area (Å²) in [6.07, 6.45) is 0.421. The number of rotatable bonds is 2. The molecule has 0 radical (unpaired) electrons. The monoisotopic (exact) mass is 297 g/mol. The lowest BCUT2D eigenvalue weighted by molar-refractivity contribution is 0.488. The standard InChI is InChI=1S/C11H12FN5O2S/c12-10-2-1-7(13)5-9(10)11-14-15-16-17(11)8-3-4-20(18,19)6-8/h1-2,5,8H,3-4,6,13H2. The maximum absolute atomic E-state index is 13.9. The SMILES string of the molecule is Nc1ccc(F)c(-c2nnnn2C2CCS(=O)(=O)C2)c1. The van der Waals surface area contributed by atoms with E-state index in [1.807, 2.05) is 0 Å². The molecule has 7 nitrogen and oxygen atoms in total. The highest BCUT2D eigenvalue weighted by atomic mass is 32.2. The Morgan fingerprint density at radius 2 is 2.20 bits per heavy atom. The van der Waals surface area contributed by atoms with E-state index in [9.17, 15) is 12.8 Å². The van der Waals surface area contributed by atoms with Crippen molar-refractivity contribution in [3.8, 4) is 11.4 Å². The van der Waals surface area contributed by atoms with Crippen LogP contribution in [-0.2, 0) is 9.84 Å². The summed E-state index contributed by atoms with van der Waals surface area (Å²) in [5, 5.41) is 11.1. The minimum atomic E-state index is -3.07. The lowest BCUT2D eigenvalue weighted by atomic mass is 10.1. The van der Waals surface area contributed by atoms with Gasteiger partial charge in [0.15, 0.2) is 15.7 Å². The van der Waals surface area contributed by atoms with Gasteiger partial charge in [-0.15, -0.1) is 5.10 Å². The van der Waals surface area contributed by atoms with Crippen molar-refractivity contribution in [3.05, 3.63) is 24.0 Å². The highest BCUT2D eigenvalue weighted by Gasteiger charge is 2.32. The molecule has 106 valence electrons. The zero-order valence-corrected chi connectivity index (χ0v) is 11.2. The van der Waals surface area contributed by atoms with Gasteiger partial charge in [0.25, 0.3) is 0 Å². The molecule has 1 saturated heterocycles. The third-order valence-electron chi connectivity index (χ3n) is 3.28. The van der Waals surface area contributed by atoms with Gasteiger partial charge in [-0.2, -0.15) is 0 Å². The normalized spacial score (nSPS) is 21.1. The van der Waals surface area contributed by atoms with Gasteiger partial charge in [0.05, 0.1) is 23.1 Å². The Kier molecular flexibility index (Phi) is 2.93. The van der Waals surface area contributed by atoms with Crippen molar-refractivity contribution in [2.45, 2.75) is 12.5 Å². The number of sulfone groups is 1. The number of aromatic nitrogens is 4. The van der Waals surface area contributed by atoms with E-state index in [0.29, 0.717) is 12.1 Å². The minimum Gasteiger partial charge on any atom is -0.399 e. The first kappa shape index (κ1) is 13.0. The van der Waals surface area contributed by atoms with Crippen molar-refractivity contribution in [1.82, 2.24) is 20.2 Å². The maximum atomic E-state index is 13.9. The van der Waals surface area contributed by atoms with Crippen LogP contribution >= 0.6 is 0 Å². The number of hydrogen-bond acceptors (Lipinski definition) is 6. The fourth-order valence-corrected chi connectivity index (χ4v) is 3.99. The molecule has 2 aromatic rings. The summed E-state index contributed by atoms with van der Waals surface area (Å²) in [7, 11) is -3.07. The van der Waals surface area contributed by atoms with Crippen LogP contribution in [0.15, 0.2) is 18.2 Å². The van der Waals surface area contributed by atoms with Gasteiger partial charge in [-0.3, -0.25) is 0 Å². The largest absolute Gasteiger partial charge is 0.399 e. The van der Waals surface area contributed by atoms with Gasteiger partial charge in [0.2, 0.25) is 0 Å². The van der Waals surface area contributed by atoms with E-state index < -0.39 is 15.7 Å². The highest BCUT2D eigenvalue weighted by Crippen LogP contribution is 2.29. The molecule has 1 aromatic carbocycles. The molecule has 0 saturated carbocycles. The number of nitrogens with zero attached hydrogens (tertiary/aromatic N) is 4. The lowest BCUT2D eigenvalue weighted by Gasteiger charge is -2.11. The zero-order chi connectivity index (χ0) is 14.3. The van der Waals surface area contributed by atoms with Crippen molar-refractivity contribution in [3.63, 3.8) is 0 Å². The van der Waals surface area contributed by atoms with Crippen LogP contribution in [0.2, 0.25) is 0 Å². The second-order valence-corrected chi connectivity index (χ2v) is 6.97. The van der Waals surface area contributed by atoms with Crippen LogP contribution in [0, 0.1) is 5.82 Å². The Labute approximate surface area is 114 Å². The predicted molar refractivity (Wildman–Crippen MR) is 69.9 cm³/mol.